The van der Waals surface area contributed by atoms with Crippen molar-refractivity contribution in [2.45, 2.75) is 32.6 Å². The topological polar surface area (TPSA) is 142 Å². The number of aliphatic hydroxyl groups is 2. The average Bonchev–Trinajstić information content (AvgIpc) is 2.95. The molecule has 4 N–H and O–H groups in total. The maximum absolute atomic E-state index is 12.2. The summed E-state index contributed by atoms with van der Waals surface area (Å²) in [5, 5.41) is 22.9. The summed E-state index contributed by atoms with van der Waals surface area (Å²) in [6.07, 6.45) is -2.85. The Hall–Kier alpha value is -2.90. The van der Waals surface area contributed by atoms with Crippen LogP contribution in [0.2, 0.25) is 0 Å². The molecular weight excluding hydrogens is 330 g/mol. The maximum Gasteiger partial charge on any atom is 0.329 e. The molecule has 2 heterocycles. The second kappa shape index (κ2) is 7.33. The van der Waals surface area contributed by atoms with Crippen molar-refractivity contribution in [3.63, 3.8) is 0 Å². The van der Waals surface area contributed by atoms with Gasteiger partial charge in [0.05, 0.1) is 6.54 Å². The highest BCUT2D eigenvalue weighted by Gasteiger charge is 2.27. The number of aryl methyl sites for hydroxylation is 1. The van der Waals surface area contributed by atoms with Gasteiger partial charge in [-0.25, -0.2) is 9.78 Å². The standard InChI is InChI=1S/C15H19N5O5/c1-4-5-6-20-10-12(19(3)15(25)18-14(10)24)17-13(20)11(23)9(22)7-16-8(2)21/h9,11,22-23H,6-7H2,1-3H3,(H,16,21)(H,18,24,25). The Labute approximate surface area is 142 Å². The van der Waals surface area contributed by atoms with Crippen molar-refractivity contribution in [1.29, 1.82) is 0 Å². The molecule has 2 unspecified atom stereocenters. The fourth-order valence-corrected chi connectivity index (χ4v) is 2.33. The third kappa shape index (κ3) is 3.62. The van der Waals surface area contributed by atoms with Crippen molar-refractivity contribution in [2.75, 3.05) is 6.54 Å². The second-order valence-electron chi connectivity index (χ2n) is 5.42. The number of H-pyrrole nitrogens is 1. The molecular formula is C15H19N5O5. The average molecular weight is 349 g/mol. The summed E-state index contributed by atoms with van der Waals surface area (Å²) in [7, 11) is 1.42. The van der Waals surface area contributed by atoms with Crippen molar-refractivity contribution < 1.29 is 15.0 Å². The van der Waals surface area contributed by atoms with Gasteiger partial charge in [-0.15, -0.1) is 5.92 Å². The highest BCUT2D eigenvalue weighted by molar-refractivity contribution is 5.73. The molecule has 2 aromatic rings. The van der Waals surface area contributed by atoms with Crippen LogP contribution in [0.3, 0.4) is 0 Å². The number of hydrogen-bond donors (Lipinski definition) is 4. The maximum atomic E-state index is 12.2. The van der Waals surface area contributed by atoms with E-state index in [9.17, 15) is 24.6 Å². The van der Waals surface area contributed by atoms with Gasteiger partial charge in [0.25, 0.3) is 5.56 Å². The van der Waals surface area contributed by atoms with Crippen LogP contribution in [0.15, 0.2) is 9.59 Å². The number of imidazole rings is 1. The normalized spacial score (nSPS) is 13.2. The van der Waals surface area contributed by atoms with Gasteiger partial charge in [-0.2, -0.15) is 0 Å². The van der Waals surface area contributed by atoms with E-state index in [-0.39, 0.29) is 36.0 Å². The molecule has 0 fully saturated rings. The summed E-state index contributed by atoms with van der Waals surface area (Å²) in [6.45, 7) is 2.73. The molecule has 0 spiro atoms. The Morgan fingerprint density at radius 1 is 1.40 bits per heavy atom. The number of carbonyl (C=O) groups excluding carboxylic acids is 1. The number of aromatic nitrogens is 4. The van der Waals surface area contributed by atoms with E-state index >= 15 is 0 Å². The molecule has 0 radical (unpaired) electrons. The van der Waals surface area contributed by atoms with Crippen LogP contribution in [0.5, 0.6) is 0 Å². The van der Waals surface area contributed by atoms with Crippen LogP contribution < -0.4 is 16.6 Å². The second-order valence-corrected chi connectivity index (χ2v) is 5.42. The number of fused-ring (bicyclic) bond motifs is 1. The zero-order chi connectivity index (χ0) is 18.7. The van der Waals surface area contributed by atoms with Crippen molar-refractivity contribution in [3.8, 4) is 11.8 Å². The van der Waals surface area contributed by atoms with Crippen LogP contribution >= 0.6 is 0 Å². The molecule has 2 atom stereocenters. The first kappa shape index (κ1) is 18.4. The van der Waals surface area contributed by atoms with E-state index in [1.807, 2.05) is 0 Å². The lowest BCUT2D eigenvalue weighted by molar-refractivity contribution is -0.119. The number of nitrogens with one attached hydrogen (secondary N) is 2. The Balaban J connectivity index is 2.61. The van der Waals surface area contributed by atoms with Gasteiger partial charge in [-0.05, 0) is 6.92 Å². The number of aromatic amines is 1. The molecule has 2 rings (SSSR count). The minimum absolute atomic E-state index is 0.0256. The molecule has 2 aromatic heterocycles. The molecule has 0 aliphatic rings. The predicted molar refractivity (Wildman–Crippen MR) is 88.7 cm³/mol. The fraction of sp³-hybridized carbons (Fsp3) is 0.467. The summed E-state index contributed by atoms with van der Waals surface area (Å²) in [6, 6.07) is 0. The fourth-order valence-electron chi connectivity index (χ4n) is 2.33. The Bertz CT molecular complexity index is 974. The van der Waals surface area contributed by atoms with Gasteiger partial charge in [-0.1, -0.05) is 5.92 Å². The number of nitrogens with zero attached hydrogens (tertiary/aromatic N) is 3. The molecule has 1 amide bonds. The molecule has 0 saturated heterocycles. The van der Waals surface area contributed by atoms with Crippen molar-refractivity contribution >= 4 is 17.1 Å². The quantitative estimate of drug-likeness (QED) is 0.459. The largest absolute Gasteiger partial charge is 0.388 e. The third-order valence-corrected chi connectivity index (χ3v) is 3.64. The lowest BCUT2D eigenvalue weighted by Gasteiger charge is -2.18. The van der Waals surface area contributed by atoms with Gasteiger partial charge in [0, 0.05) is 20.5 Å². The lowest BCUT2D eigenvalue weighted by atomic mass is 10.2. The number of aliphatic hydroxyl groups excluding tert-OH is 2. The Morgan fingerprint density at radius 2 is 2.08 bits per heavy atom. The monoisotopic (exact) mass is 349 g/mol. The number of carbonyl (C=O) groups is 1. The van der Waals surface area contributed by atoms with E-state index < -0.39 is 23.5 Å². The van der Waals surface area contributed by atoms with Crippen LogP contribution in [0.1, 0.15) is 25.8 Å². The van der Waals surface area contributed by atoms with E-state index in [4.69, 9.17) is 0 Å². The van der Waals surface area contributed by atoms with Crippen LogP contribution in [0.25, 0.3) is 11.2 Å². The summed E-state index contributed by atoms with van der Waals surface area (Å²) < 4.78 is 2.47. The summed E-state index contributed by atoms with van der Waals surface area (Å²) in [5.74, 6) is 5.04. The van der Waals surface area contributed by atoms with Gasteiger partial charge in [0.1, 0.15) is 18.0 Å². The lowest BCUT2D eigenvalue weighted by Crippen LogP contribution is -2.35. The van der Waals surface area contributed by atoms with E-state index in [1.165, 1.54) is 18.5 Å². The van der Waals surface area contributed by atoms with Gasteiger partial charge in [0.2, 0.25) is 5.91 Å². The van der Waals surface area contributed by atoms with Crippen LogP contribution in [-0.2, 0) is 18.4 Å². The summed E-state index contributed by atoms with van der Waals surface area (Å²) >= 11 is 0. The molecule has 0 aliphatic heterocycles. The first-order valence-corrected chi connectivity index (χ1v) is 7.47. The zero-order valence-electron chi connectivity index (χ0n) is 14.0. The van der Waals surface area contributed by atoms with E-state index in [1.54, 1.807) is 6.92 Å². The van der Waals surface area contributed by atoms with E-state index in [0.717, 1.165) is 4.57 Å². The van der Waals surface area contributed by atoms with E-state index in [2.05, 4.69) is 27.1 Å². The van der Waals surface area contributed by atoms with Crippen molar-refractivity contribution in [1.82, 2.24) is 24.4 Å². The van der Waals surface area contributed by atoms with Gasteiger partial charge < -0.3 is 20.1 Å². The highest BCUT2D eigenvalue weighted by atomic mass is 16.3. The Kier molecular flexibility index (Phi) is 5.41. The van der Waals surface area contributed by atoms with Crippen molar-refractivity contribution in [2.24, 2.45) is 7.05 Å². The van der Waals surface area contributed by atoms with Crippen LogP contribution in [0.4, 0.5) is 0 Å². The highest BCUT2D eigenvalue weighted by Crippen LogP contribution is 2.20. The molecule has 10 heteroatoms. The van der Waals surface area contributed by atoms with Gasteiger partial charge in [-0.3, -0.25) is 19.1 Å². The first-order chi connectivity index (χ1) is 11.8. The van der Waals surface area contributed by atoms with Crippen LogP contribution in [-0.4, -0.2) is 47.9 Å². The first-order valence-electron chi connectivity index (χ1n) is 7.47. The Morgan fingerprint density at radius 3 is 2.68 bits per heavy atom. The summed E-state index contributed by atoms with van der Waals surface area (Å²) in [5.41, 5.74) is -1.19. The SMILES string of the molecule is CC#CCn1c(C(O)C(O)CNC(C)=O)nc2c1c(=O)[nH]c(=O)n2C. The number of hydrogen-bond acceptors (Lipinski definition) is 6. The van der Waals surface area contributed by atoms with Crippen molar-refractivity contribution in [3.05, 3.63) is 26.7 Å². The molecule has 0 saturated carbocycles. The molecule has 0 aliphatic carbocycles. The van der Waals surface area contributed by atoms with Gasteiger partial charge in [0.15, 0.2) is 11.2 Å². The van der Waals surface area contributed by atoms with E-state index in [0.29, 0.717) is 0 Å². The molecule has 134 valence electrons. The minimum atomic E-state index is -1.49. The number of rotatable bonds is 5. The minimum Gasteiger partial charge on any atom is -0.388 e. The van der Waals surface area contributed by atoms with Gasteiger partial charge >= 0.3 is 5.69 Å². The molecule has 10 nitrogen and oxygen atoms in total. The molecule has 0 bridgehead atoms. The number of amides is 1. The smallest absolute Gasteiger partial charge is 0.329 e. The molecule has 0 aromatic carbocycles. The summed E-state index contributed by atoms with van der Waals surface area (Å²) in [4.78, 5) is 41.2. The zero-order valence-corrected chi connectivity index (χ0v) is 14.0. The molecule has 25 heavy (non-hydrogen) atoms. The third-order valence-electron chi connectivity index (χ3n) is 3.64. The van der Waals surface area contributed by atoms with Crippen LogP contribution in [0, 0.1) is 11.8 Å². The predicted octanol–water partition coefficient (Wildman–Crippen LogP) is -2.02.